The van der Waals surface area contributed by atoms with E-state index in [1.54, 1.807) is 42.6 Å². The van der Waals surface area contributed by atoms with Gasteiger partial charge in [0, 0.05) is 30.7 Å². The second-order valence-electron chi connectivity index (χ2n) is 5.38. The van der Waals surface area contributed by atoms with Crippen LogP contribution in [0.15, 0.2) is 65.7 Å². The van der Waals surface area contributed by atoms with E-state index in [4.69, 9.17) is 0 Å². The Hall–Kier alpha value is -3.81. The maximum Gasteiger partial charge on any atom is 0.271 e. The van der Waals surface area contributed by atoms with Gasteiger partial charge in [0.05, 0.1) is 5.56 Å². The van der Waals surface area contributed by atoms with E-state index in [2.05, 4.69) is 25.8 Å². The van der Waals surface area contributed by atoms with Gasteiger partial charge in [0.2, 0.25) is 0 Å². The molecule has 0 saturated carbocycles. The minimum atomic E-state index is -0.393. The highest BCUT2D eigenvalue weighted by Crippen LogP contribution is 2.11. The van der Waals surface area contributed by atoms with Gasteiger partial charge in [0.1, 0.15) is 5.69 Å². The number of hydrogen-bond acceptors (Lipinski definition) is 5. The van der Waals surface area contributed by atoms with Gasteiger partial charge in [-0.2, -0.15) is 5.10 Å². The molecule has 0 radical (unpaired) electrons. The fourth-order valence-corrected chi connectivity index (χ4v) is 2.15. The highest BCUT2D eigenvalue weighted by Gasteiger charge is 2.08. The van der Waals surface area contributed by atoms with Crippen LogP contribution in [0.5, 0.6) is 0 Å². The van der Waals surface area contributed by atoms with E-state index in [1.807, 2.05) is 0 Å². The van der Waals surface area contributed by atoms with Crippen LogP contribution in [0.25, 0.3) is 0 Å². The van der Waals surface area contributed by atoms with Gasteiger partial charge in [-0.15, -0.1) is 0 Å². The summed E-state index contributed by atoms with van der Waals surface area (Å²) in [6, 6.07) is 13.0. The van der Waals surface area contributed by atoms with Crippen LogP contribution in [-0.4, -0.2) is 27.0 Å². The summed E-state index contributed by atoms with van der Waals surface area (Å²) in [5.74, 6) is -0.640. The molecule has 3 N–H and O–H groups in total. The number of H-pyrrole nitrogens is 1. The molecule has 0 saturated heterocycles. The van der Waals surface area contributed by atoms with Crippen LogP contribution in [0, 0.1) is 0 Å². The van der Waals surface area contributed by atoms with Crippen molar-refractivity contribution in [3.8, 4) is 0 Å². The Morgan fingerprint density at radius 2 is 1.81 bits per heavy atom. The lowest BCUT2D eigenvalue weighted by atomic mass is 10.2. The van der Waals surface area contributed by atoms with E-state index in [0.717, 1.165) is 5.56 Å². The molecule has 0 spiro atoms. The van der Waals surface area contributed by atoms with Gasteiger partial charge in [0.25, 0.3) is 17.4 Å². The number of aromatic amines is 1. The number of aromatic nitrogens is 3. The smallest absolute Gasteiger partial charge is 0.271 e. The highest BCUT2D eigenvalue weighted by atomic mass is 16.2. The molecule has 0 unspecified atom stereocenters. The zero-order valence-electron chi connectivity index (χ0n) is 13.6. The van der Waals surface area contributed by atoms with Crippen LogP contribution in [0.4, 0.5) is 5.69 Å². The summed E-state index contributed by atoms with van der Waals surface area (Å²) in [6.07, 6.45) is 3.09. The summed E-state index contributed by atoms with van der Waals surface area (Å²) in [5.41, 5.74) is 1.71. The molecule has 0 aliphatic rings. The SMILES string of the molecule is O=C(Nc1ccc(CNC(=O)c2ccc(=O)[nH]n2)cc1)c1cccnc1. The molecule has 3 rings (SSSR count). The molecular formula is C18H15N5O3. The van der Waals surface area contributed by atoms with Crippen molar-refractivity contribution < 1.29 is 9.59 Å². The number of hydrogen-bond donors (Lipinski definition) is 3. The summed E-state index contributed by atoms with van der Waals surface area (Å²) in [5, 5.41) is 11.3. The first kappa shape index (κ1) is 17.0. The zero-order chi connectivity index (χ0) is 18.4. The second-order valence-corrected chi connectivity index (χ2v) is 5.38. The van der Waals surface area contributed by atoms with Crippen LogP contribution >= 0.6 is 0 Å². The molecule has 8 nitrogen and oxygen atoms in total. The van der Waals surface area contributed by atoms with Crippen LogP contribution in [0.1, 0.15) is 26.4 Å². The predicted octanol–water partition coefficient (Wildman–Crippen LogP) is 1.35. The van der Waals surface area contributed by atoms with Crippen LogP contribution in [0.2, 0.25) is 0 Å². The minimum Gasteiger partial charge on any atom is -0.347 e. The van der Waals surface area contributed by atoms with Crippen molar-refractivity contribution >= 4 is 17.5 Å². The van der Waals surface area contributed by atoms with E-state index in [0.29, 0.717) is 11.3 Å². The number of pyridine rings is 1. The Balaban J connectivity index is 1.56. The number of nitrogens with zero attached hydrogens (tertiary/aromatic N) is 2. The van der Waals surface area contributed by atoms with E-state index in [1.165, 1.54) is 18.3 Å². The van der Waals surface area contributed by atoms with Crippen molar-refractivity contribution in [3.63, 3.8) is 0 Å². The highest BCUT2D eigenvalue weighted by molar-refractivity contribution is 6.04. The molecule has 2 heterocycles. The normalized spacial score (nSPS) is 10.2. The number of amides is 2. The summed E-state index contributed by atoms with van der Waals surface area (Å²) in [6.45, 7) is 0.288. The molecule has 0 aliphatic carbocycles. The molecular weight excluding hydrogens is 334 g/mol. The molecule has 130 valence electrons. The summed E-state index contributed by atoms with van der Waals surface area (Å²) in [4.78, 5) is 38.8. The molecule has 0 bridgehead atoms. The molecule has 0 fully saturated rings. The second kappa shape index (κ2) is 7.84. The third-order valence-electron chi connectivity index (χ3n) is 3.50. The number of carbonyl (C=O) groups excluding carboxylic acids is 2. The quantitative estimate of drug-likeness (QED) is 0.643. The number of carbonyl (C=O) groups is 2. The van der Waals surface area contributed by atoms with Crippen molar-refractivity contribution in [1.82, 2.24) is 20.5 Å². The van der Waals surface area contributed by atoms with Crippen LogP contribution in [0.3, 0.4) is 0 Å². The third kappa shape index (κ3) is 4.38. The molecule has 26 heavy (non-hydrogen) atoms. The van der Waals surface area contributed by atoms with Crippen molar-refractivity contribution in [3.05, 3.63) is 88.1 Å². The number of benzene rings is 1. The lowest BCUT2D eigenvalue weighted by molar-refractivity contribution is 0.0944. The predicted molar refractivity (Wildman–Crippen MR) is 94.7 cm³/mol. The fraction of sp³-hybridized carbons (Fsp3) is 0.0556. The first-order chi connectivity index (χ1) is 12.6. The molecule has 3 aromatic rings. The molecule has 0 atom stereocenters. The minimum absolute atomic E-state index is 0.130. The molecule has 0 aliphatic heterocycles. The largest absolute Gasteiger partial charge is 0.347 e. The van der Waals surface area contributed by atoms with Crippen LogP contribution < -0.4 is 16.2 Å². The van der Waals surface area contributed by atoms with Gasteiger partial charge in [-0.05, 0) is 35.9 Å². The molecule has 2 amide bonds. The lowest BCUT2D eigenvalue weighted by Crippen LogP contribution is -2.25. The van der Waals surface area contributed by atoms with Crippen molar-refractivity contribution in [2.75, 3.05) is 5.32 Å². The van der Waals surface area contributed by atoms with Crippen molar-refractivity contribution in [2.24, 2.45) is 0 Å². The van der Waals surface area contributed by atoms with Gasteiger partial charge in [-0.25, -0.2) is 5.10 Å². The Bertz CT molecular complexity index is 948. The van der Waals surface area contributed by atoms with Gasteiger partial charge in [-0.1, -0.05) is 12.1 Å². The average Bonchev–Trinajstić information content (AvgIpc) is 2.68. The maximum atomic E-state index is 12.1. The van der Waals surface area contributed by atoms with Gasteiger partial charge in [0.15, 0.2) is 0 Å². The first-order valence-corrected chi connectivity index (χ1v) is 7.76. The monoisotopic (exact) mass is 349 g/mol. The molecule has 1 aromatic carbocycles. The summed E-state index contributed by atoms with van der Waals surface area (Å²) < 4.78 is 0. The maximum absolute atomic E-state index is 12.1. The van der Waals surface area contributed by atoms with Gasteiger partial charge < -0.3 is 10.6 Å². The van der Waals surface area contributed by atoms with Gasteiger partial charge in [-0.3, -0.25) is 19.4 Å². The van der Waals surface area contributed by atoms with E-state index < -0.39 is 5.91 Å². The molecule has 8 heteroatoms. The zero-order valence-corrected chi connectivity index (χ0v) is 13.6. The molecule has 2 aromatic heterocycles. The van der Waals surface area contributed by atoms with Crippen LogP contribution in [-0.2, 0) is 6.54 Å². The topological polar surface area (TPSA) is 117 Å². The Morgan fingerprint density at radius 3 is 2.46 bits per heavy atom. The van der Waals surface area contributed by atoms with Crippen molar-refractivity contribution in [1.29, 1.82) is 0 Å². The Labute approximate surface area is 148 Å². The lowest BCUT2D eigenvalue weighted by Gasteiger charge is -2.07. The Morgan fingerprint density at radius 1 is 1.00 bits per heavy atom. The summed E-state index contributed by atoms with van der Waals surface area (Å²) in [7, 11) is 0. The first-order valence-electron chi connectivity index (χ1n) is 7.76. The standard InChI is InChI=1S/C18H15N5O3/c24-16-8-7-15(22-23-16)18(26)20-10-12-3-5-14(6-4-12)21-17(25)13-2-1-9-19-11-13/h1-9,11H,10H2,(H,20,26)(H,21,25)(H,23,24). The fourth-order valence-electron chi connectivity index (χ4n) is 2.15. The summed E-state index contributed by atoms with van der Waals surface area (Å²) >= 11 is 0. The number of nitrogens with one attached hydrogen (secondary N) is 3. The van der Waals surface area contributed by atoms with E-state index in [-0.39, 0.29) is 23.7 Å². The Kier molecular flexibility index (Phi) is 5.14. The van der Waals surface area contributed by atoms with E-state index >= 15 is 0 Å². The average molecular weight is 349 g/mol. The number of rotatable bonds is 5. The third-order valence-corrected chi connectivity index (χ3v) is 3.50. The van der Waals surface area contributed by atoms with E-state index in [9.17, 15) is 14.4 Å². The van der Waals surface area contributed by atoms with Crippen molar-refractivity contribution in [2.45, 2.75) is 6.54 Å². The van der Waals surface area contributed by atoms with Gasteiger partial charge >= 0.3 is 0 Å². The number of anilines is 1.